The van der Waals surface area contributed by atoms with Crippen molar-refractivity contribution in [1.29, 1.82) is 5.26 Å². The van der Waals surface area contributed by atoms with E-state index in [4.69, 9.17) is 10.00 Å². The average Bonchev–Trinajstić information content (AvgIpc) is 2.24. The Morgan fingerprint density at radius 3 is 2.93 bits per heavy atom. The molecule has 1 saturated heterocycles. The molecule has 15 heavy (non-hydrogen) atoms. The fraction of sp³-hybridized carbons (Fsp3) is 0.800. The minimum absolute atomic E-state index is 0.0407. The maximum atomic E-state index is 11.8. The van der Waals surface area contributed by atoms with Gasteiger partial charge in [0.1, 0.15) is 6.04 Å². The lowest BCUT2D eigenvalue weighted by molar-refractivity contribution is -0.140. The first-order valence-electron chi connectivity index (χ1n) is 5.05. The van der Waals surface area contributed by atoms with Crippen molar-refractivity contribution < 1.29 is 9.53 Å². The monoisotopic (exact) mass is 211 g/mol. The van der Waals surface area contributed by atoms with Gasteiger partial charge in [-0.2, -0.15) is 5.26 Å². The smallest absolute Gasteiger partial charge is 0.240 e. The van der Waals surface area contributed by atoms with E-state index in [2.05, 4.69) is 6.07 Å². The molecule has 1 heterocycles. The Hall–Kier alpha value is -1.12. The number of amides is 1. The molecular weight excluding hydrogens is 194 g/mol. The summed E-state index contributed by atoms with van der Waals surface area (Å²) in [7, 11) is 3.41. The van der Waals surface area contributed by atoms with Crippen molar-refractivity contribution in [2.75, 3.05) is 40.4 Å². The Kier molecular flexibility index (Phi) is 4.53. The predicted molar refractivity (Wildman–Crippen MR) is 55.1 cm³/mol. The number of nitriles is 1. The number of likely N-dealkylation sites (N-methyl/N-ethyl adjacent to an activating group) is 1. The summed E-state index contributed by atoms with van der Waals surface area (Å²) in [6.07, 6.45) is 0.257. The molecule has 1 aliphatic rings. The second-order valence-corrected chi connectivity index (χ2v) is 3.67. The maximum Gasteiger partial charge on any atom is 0.240 e. The van der Waals surface area contributed by atoms with Gasteiger partial charge < -0.3 is 9.64 Å². The first-order chi connectivity index (χ1) is 7.20. The van der Waals surface area contributed by atoms with Crippen molar-refractivity contribution in [2.24, 2.45) is 0 Å². The van der Waals surface area contributed by atoms with E-state index in [1.165, 1.54) is 0 Å². The number of hydrogen-bond donors (Lipinski definition) is 0. The number of piperazine rings is 1. The van der Waals surface area contributed by atoms with Crippen molar-refractivity contribution in [1.82, 2.24) is 9.80 Å². The summed E-state index contributed by atoms with van der Waals surface area (Å²) >= 11 is 0. The molecule has 0 aromatic rings. The lowest BCUT2D eigenvalue weighted by Crippen LogP contribution is -2.56. The Labute approximate surface area is 90.2 Å². The normalized spacial score (nSPS) is 22.9. The summed E-state index contributed by atoms with van der Waals surface area (Å²) in [6.45, 7) is 2.85. The average molecular weight is 211 g/mol. The van der Waals surface area contributed by atoms with Gasteiger partial charge in [-0.15, -0.1) is 0 Å². The van der Waals surface area contributed by atoms with Crippen molar-refractivity contribution in [2.45, 2.75) is 12.5 Å². The lowest BCUT2D eigenvalue weighted by atomic mass is 10.1. The highest BCUT2D eigenvalue weighted by atomic mass is 16.5. The van der Waals surface area contributed by atoms with Gasteiger partial charge in [0.25, 0.3) is 0 Å². The summed E-state index contributed by atoms with van der Waals surface area (Å²) in [5.74, 6) is 0.0407. The lowest BCUT2D eigenvalue weighted by Gasteiger charge is -2.37. The van der Waals surface area contributed by atoms with Gasteiger partial charge >= 0.3 is 0 Å². The quantitative estimate of drug-likeness (QED) is 0.640. The Morgan fingerprint density at radius 1 is 1.60 bits per heavy atom. The van der Waals surface area contributed by atoms with Crippen molar-refractivity contribution in [3.05, 3.63) is 0 Å². The molecule has 5 nitrogen and oxygen atoms in total. The van der Waals surface area contributed by atoms with Crippen LogP contribution in [0.25, 0.3) is 0 Å². The fourth-order valence-corrected chi connectivity index (χ4v) is 1.73. The third-order valence-electron chi connectivity index (χ3n) is 2.69. The summed E-state index contributed by atoms with van der Waals surface area (Å²) < 4.78 is 4.98. The minimum atomic E-state index is -0.288. The number of ether oxygens (including phenoxy) is 1. The van der Waals surface area contributed by atoms with Crippen molar-refractivity contribution >= 4 is 5.91 Å². The van der Waals surface area contributed by atoms with Gasteiger partial charge in [-0.3, -0.25) is 9.69 Å². The van der Waals surface area contributed by atoms with E-state index in [0.29, 0.717) is 13.2 Å². The van der Waals surface area contributed by atoms with Crippen LogP contribution in [-0.4, -0.2) is 62.1 Å². The molecule has 1 atom stereocenters. The molecule has 5 heteroatoms. The largest absolute Gasteiger partial charge is 0.383 e. The summed E-state index contributed by atoms with van der Waals surface area (Å²) in [4.78, 5) is 15.5. The van der Waals surface area contributed by atoms with Crippen LogP contribution in [-0.2, 0) is 9.53 Å². The Bertz CT molecular complexity index is 260. The second-order valence-electron chi connectivity index (χ2n) is 3.67. The van der Waals surface area contributed by atoms with Crippen LogP contribution in [0.4, 0.5) is 0 Å². The molecule has 0 saturated carbocycles. The molecule has 0 aromatic carbocycles. The van der Waals surface area contributed by atoms with Crippen LogP contribution in [0.2, 0.25) is 0 Å². The standard InChI is InChI=1S/C10H17N3O2/c1-12-5-6-13(7-8-15-2)9(3-4-11)10(12)14/h9H,3,5-8H2,1-2H3. The molecule has 0 spiro atoms. The molecule has 1 amide bonds. The van der Waals surface area contributed by atoms with Crippen LogP contribution in [0.5, 0.6) is 0 Å². The molecule has 1 rings (SSSR count). The van der Waals surface area contributed by atoms with Crippen LogP contribution in [0.3, 0.4) is 0 Å². The number of carbonyl (C=O) groups is 1. The number of rotatable bonds is 4. The molecule has 0 aliphatic carbocycles. The van der Waals surface area contributed by atoms with Gasteiger partial charge in [0.15, 0.2) is 0 Å². The van der Waals surface area contributed by atoms with Crippen LogP contribution in [0.1, 0.15) is 6.42 Å². The maximum absolute atomic E-state index is 11.8. The topological polar surface area (TPSA) is 56.6 Å². The van der Waals surface area contributed by atoms with Crippen LogP contribution in [0.15, 0.2) is 0 Å². The second kappa shape index (κ2) is 5.69. The molecule has 0 aromatic heterocycles. The number of nitrogens with zero attached hydrogens (tertiary/aromatic N) is 3. The van der Waals surface area contributed by atoms with Crippen molar-refractivity contribution in [3.63, 3.8) is 0 Å². The molecule has 84 valence electrons. The summed E-state index contributed by atoms with van der Waals surface area (Å²) in [5, 5.41) is 8.69. The Balaban J connectivity index is 2.61. The zero-order valence-corrected chi connectivity index (χ0v) is 9.27. The summed E-state index contributed by atoms with van der Waals surface area (Å²) in [6, 6.07) is 1.78. The van der Waals surface area contributed by atoms with Gasteiger partial charge in [-0.05, 0) is 0 Å². The zero-order chi connectivity index (χ0) is 11.3. The van der Waals surface area contributed by atoms with Gasteiger partial charge in [0, 0.05) is 33.8 Å². The number of methoxy groups -OCH3 is 1. The molecular formula is C10H17N3O2. The molecule has 0 radical (unpaired) electrons. The van der Waals surface area contributed by atoms with Gasteiger partial charge in [0.2, 0.25) is 5.91 Å². The number of carbonyl (C=O) groups excluding carboxylic acids is 1. The van der Waals surface area contributed by atoms with Crippen molar-refractivity contribution in [3.8, 4) is 6.07 Å². The third-order valence-corrected chi connectivity index (χ3v) is 2.69. The molecule has 1 unspecified atom stereocenters. The van der Waals surface area contributed by atoms with Gasteiger partial charge in [-0.25, -0.2) is 0 Å². The van der Waals surface area contributed by atoms with Crippen LogP contribution >= 0.6 is 0 Å². The first kappa shape index (κ1) is 12.0. The van der Waals surface area contributed by atoms with E-state index in [1.54, 1.807) is 19.1 Å². The van der Waals surface area contributed by atoms with Gasteiger partial charge in [-0.1, -0.05) is 0 Å². The highest BCUT2D eigenvalue weighted by Gasteiger charge is 2.32. The molecule has 1 fully saturated rings. The zero-order valence-electron chi connectivity index (χ0n) is 9.27. The van der Waals surface area contributed by atoms with E-state index < -0.39 is 0 Å². The fourth-order valence-electron chi connectivity index (χ4n) is 1.73. The third kappa shape index (κ3) is 2.91. The van der Waals surface area contributed by atoms with E-state index in [9.17, 15) is 4.79 Å². The molecule has 0 bridgehead atoms. The molecule has 1 aliphatic heterocycles. The van der Waals surface area contributed by atoms with E-state index in [1.807, 2.05) is 4.90 Å². The van der Waals surface area contributed by atoms with E-state index in [-0.39, 0.29) is 18.4 Å². The first-order valence-corrected chi connectivity index (χ1v) is 5.05. The molecule has 0 N–H and O–H groups in total. The number of hydrogen-bond acceptors (Lipinski definition) is 4. The minimum Gasteiger partial charge on any atom is -0.383 e. The highest BCUT2D eigenvalue weighted by molar-refractivity contribution is 5.82. The van der Waals surface area contributed by atoms with E-state index in [0.717, 1.165) is 13.1 Å². The van der Waals surface area contributed by atoms with Crippen LogP contribution < -0.4 is 0 Å². The van der Waals surface area contributed by atoms with Crippen LogP contribution in [0, 0.1) is 11.3 Å². The SMILES string of the molecule is COCCN1CCN(C)C(=O)C1CC#N. The highest BCUT2D eigenvalue weighted by Crippen LogP contribution is 2.12. The predicted octanol–water partition coefficient (Wildman–Crippen LogP) is -0.311. The van der Waals surface area contributed by atoms with E-state index >= 15 is 0 Å². The van der Waals surface area contributed by atoms with Gasteiger partial charge in [0.05, 0.1) is 19.1 Å². The Morgan fingerprint density at radius 2 is 2.33 bits per heavy atom. The summed E-state index contributed by atoms with van der Waals surface area (Å²) in [5.41, 5.74) is 0.